The fraction of sp³-hybridized carbons (Fsp3) is 0.579. The third-order valence-corrected chi connectivity index (χ3v) is 4.88. The van der Waals surface area contributed by atoms with E-state index >= 15 is 0 Å². The number of amides is 2. The summed E-state index contributed by atoms with van der Waals surface area (Å²) in [6, 6.07) is 10.3. The Hall–Kier alpha value is -1.88. The van der Waals surface area contributed by atoms with Gasteiger partial charge in [0.25, 0.3) is 0 Å². The zero-order valence-corrected chi connectivity index (χ0v) is 14.4. The average molecular weight is 329 g/mol. The molecule has 1 atom stereocenters. The van der Waals surface area contributed by atoms with Gasteiger partial charge in [-0.25, -0.2) is 0 Å². The second kappa shape index (κ2) is 7.79. The predicted molar refractivity (Wildman–Crippen MR) is 93.3 cm³/mol. The number of hydrogen-bond donors (Lipinski definition) is 1. The van der Waals surface area contributed by atoms with Crippen LogP contribution in [0.3, 0.4) is 0 Å². The summed E-state index contributed by atoms with van der Waals surface area (Å²) in [5, 5.41) is 3.08. The summed E-state index contributed by atoms with van der Waals surface area (Å²) < 4.78 is 0. The van der Waals surface area contributed by atoms with Gasteiger partial charge in [0.05, 0.1) is 12.6 Å². The van der Waals surface area contributed by atoms with Crippen LogP contribution in [-0.2, 0) is 16.1 Å². The van der Waals surface area contributed by atoms with Gasteiger partial charge in [-0.3, -0.25) is 14.5 Å². The highest BCUT2D eigenvalue weighted by molar-refractivity contribution is 5.84. The van der Waals surface area contributed by atoms with E-state index in [0.717, 1.165) is 37.8 Å². The number of nitrogens with one attached hydrogen (secondary N) is 1. The Morgan fingerprint density at radius 3 is 2.62 bits per heavy atom. The lowest BCUT2D eigenvalue weighted by molar-refractivity contribution is -0.134. The van der Waals surface area contributed by atoms with Gasteiger partial charge in [0, 0.05) is 19.1 Å². The van der Waals surface area contributed by atoms with Gasteiger partial charge in [-0.15, -0.1) is 0 Å². The van der Waals surface area contributed by atoms with Crippen molar-refractivity contribution >= 4 is 11.8 Å². The van der Waals surface area contributed by atoms with Crippen LogP contribution in [0.5, 0.6) is 0 Å². The summed E-state index contributed by atoms with van der Waals surface area (Å²) in [5.41, 5.74) is 1.14. The lowest BCUT2D eigenvalue weighted by Crippen LogP contribution is -2.48. The van der Waals surface area contributed by atoms with Crippen LogP contribution in [0.15, 0.2) is 30.3 Å². The minimum atomic E-state index is -0.134. The van der Waals surface area contributed by atoms with E-state index in [4.69, 9.17) is 0 Å². The molecule has 0 radical (unpaired) electrons. The van der Waals surface area contributed by atoms with Crippen LogP contribution in [0.4, 0.5) is 0 Å². The van der Waals surface area contributed by atoms with Crippen LogP contribution >= 0.6 is 0 Å². The molecule has 0 aromatic heterocycles. The molecule has 1 saturated carbocycles. The van der Waals surface area contributed by atoms with E-state index in [1.165, 1.54) is 0 Å². The maximum atomic E-state index is 12.7. The second-order valence-corrected chi connectivity index (χ2v) is 6.80. The molecule has 5 heteroatoms. The van der Waals surface area contributed by atoms with E-state index in [0.29, 0.717) is 25.7 Å². The first-order valence-corrected chi connectivity index (χ1v) is 9.03. The van der Waals surface area contributed by atoms with E-state index < -0.39 is 0 Å². The minimum absolute atomic E-state index is 0.104. The lowest BCUT2D eigenvalue weighted by atomic mass is 10.2. The normalized spacial score (nSPS) is 20.8. The summed E-state index contributed by atoms with van der Waals surface area (Å²) in [5.74, 6) is 0.210. The highest BCUT2D eigenvalue weighted by Gasteiger charge is 2.35. The Balaban J connectivity index is 1.56. The first-order valence-electron chi connectivity index (χ1n) is 9.03. The number of rotatable bonds is 7. The number of benzene rings is 1. The Morgan fingerprint density at radius 2 is 1.96 bits per heavy atom. The zero-order valence-electron chi connectivity index (χ0n) is 14.4. The van der Waals surface area contributed by atoms with E-state index in [9.17, 15) is 9.59 Å². The third-order valence-electron chi connectivity index (χ3n) is 4.88. The van der Waals surface area contributed by atoms with Crippen molar-refractivity contribution in [3.8, 4) is 0 Å². The summed E-state index contributed by atoms with van der Waals surface area (Å²) in [6.45, 7) is 4.48. The lowest BCUT2D eigenvalue weighted by Gasteiger charge is -2.27. The molecule has 1 aliphatic carbocycles. The van der Waals surface area contributed by atoms with Gasteiger partial charge in [0.1, 0.15) is 0 Å². The first kappa shape index (κ1) is 17.0. The summed E-state index contributed by atoms with van der Waals surface area (Å²) in [6.07, 6.45) is 4.04. The molecule has 24 heavy (non-hydrogen) atoms. The molecule has 1 N–H and O–H groups in total. The standard InChI is InChI=1S/C19H27N3O2/c1-2-21(13-15-7-4-3-5-8-15)18(23)14-22-12-6-9-17(22)19(24)20-16-10-11-16/h3-5,7-8,16-17H,2,6,9-14H2,1H3,(H,20,24). The molecule has 1 aromatic carbocycles. The molecule has 1 aromatic rings. The van der Waals surface area contributed by atoms with E-state index in [-0.39, 0.29) is 17.9 Å². The van der Waals surface area contributed by atoms with Crippen LogP contribution in [0, 0.1) is 0 Å². The van der Waals surface area contributed by atoms with Gasteiger partial charge in [0.2, 0.25) is 11.8 Å². The number of likely N-dealkylation sites (tertiary alicyclic amines) is 1. The molecule has 1 unspecified atom stereocenters. The van der Waals surface area contributed by atoms with Crippen LogP contribution in [0.2, 0.25) is 0 Å². The van der Waals surface area contributed by atoms with Crippen molar-refractivity contribution in [3.05, 3.63) is 35.9 Å². The first-order chi connectivity index (χ1) is 11.7. The third kappa shape index (κ3) is 4.35. The Morgan fingerprint density at radius 1 is 1.21 bits per heavy atom. The number of nitrogens with zero attached hydrogens (tertiary/aromatic N) is 2. The molecule has 0 spiro atoms. The van der Waals surface area contributed by atoms with Crippen LogP contribution in [0.25, 0.3) is 0 Å². The van der Waals surface area contributed by atoms with E-state index in [1.807, 2.05) is 47.1 Å². The monoisotopic (exact) mass is 329 g/mol. The summed E-state index contributed by atoms with van der Waals surface area (Å²) in [7, 11) is 0. The maximum absolute atomic E-state index is 12.7. The smallest absolute Gasteiger partial charge is 0.237 e. The molecule has 2 fully saturated rings. The van der Waals surface area contributed by atoms with Gasteiger partial charge >= 0.3 is 0 Å². The number of carbonyl (C=O) groups excluding carboxylic acids is 2. The van der Waals surface area contributed by atoms with Crippen molar-refractivity contribution < 1.29 is 9.59 Å². The van der Waals surface area contributed by atoms with Crippen molar-refractivity contribution in [2.45, 2.75) is 51.2 Å². The minimum Gasteiger partial charge on any atom is -0.352 e. The van der Waals surface area contributed by atoms with E-state index in [2.05, 4.69) is 5.32 Å². The summed E-state index contributed by atoms with van der Waals surface area (Å²) >= 11 is 0. The molecule has 1 heterocycles. The zero-order chi connectivity index (χ0) is 16.9. The molecule has 1 aliphatic heterocycles. The number of carbonyl (C=O) groups is 2. The maximum Gasteiger partial charge on any atom is 0.237 e. The fourth-order valence-corrected chi connectivity index (χ4v) is 3.29. The van der Waals surface area contributed by atoms with Gasteiger partial charge in [-0.1, -0.05) is 30.3 Å². The largest absolute Gasteiger partial charge is 0.352 e. The number of likely N-dealkylation sites (N-methyl/N-ethyl adjacent to an activating group) is 1. The number of hydrogen-bond acceptors (Lipinski definition) is 3. The molecule has 130 valence electrons. The molecule has 1 saturated heterocycles. The van der Waals surface area contributed by atoms with Crippen molar-refractivity contribution in [3.63, 3.8) is 0 Å². The van der Waals surface area contributed by atoms with Crippen molar-refractivity contribution in [2.24, 2.45) is 0 Å². The molecule has 2 amide bonds. The fourth-order valence-electron chi connectivity index (χ4n) is 3.29. The molecule has 5 nitrogen and oxygen atoms in total. The van der Waals surface area contributed by atoms with Crippen molar-refractivity contribution in [1.29, 1.82) is 0 Å². The highest BCUT2D eigenvalue weighted by Crippen LogP contribution is 2.22. The van der Waals surface area contributed by atoms with Crippen LogP contribution in [-0.4, -0.2) is 53.3 Å². The van der Waals surface area contributed by atoms with Gasteiger partial charge in [-0.05, 0) is 44.7 Å². The van der Waals surface area contributed by atoms with Gasteiger partial charge in [-0.2, -0.15) is 0 Å². The topological polar surface area (TPSA) is 52.7 Å². The van der Waals surface area contributed by atoms with Gasteiger partial charge < -0.3 is 10.2 Å². The Kier molecular flexibility index (Phi) is 5.51. The van der Waals surface area contributed by atoms with Crippen molar-refractivity contribution in [1.82, 2.24) is 15.1 Å². The molecule has 2 aliphatic rings. The Bertz CT molecular complexity index is 571. The van der Waals surface area contributed by atoms with E-state index in [1.54, 1.807) is 0 Å². The van der Waals surface area contributed by atoms with Crippen LogP contribution < -0.4 is 5.32 Å². The highest BCUT2D eigenvalue weighted by atomic mass is 16.2. The Labute approximate surface area is 144 Å². The van der Waals surface area contributed by atoms with Crippen LogP contribution in [0.1, 0.15) is 38.2 Å². The van der Waals surface area contributed by atoms with Crippen molar-refractivity contribution in [2.75, 3.05) is 19.6 Å². The molecular weight excluding hydrogens is 302 g/mol. The predicted octanol–water partition coefficient (Wildman–Crippen LogP) is 1.78. The quantitative estimate of drug-likeness (QED) is 0.830. The average Bonchev–Trinajstić information content (AvgIpc) is 3.28. The van der Waals surface area contributed by atoms with Gasteiger partial charge in [0.15, 0.2) is 0 Å². The SMILES string of the molecule is CCN(Cc1ccccc1)C(=O)CN1CCCC1C(=O)NC1CC1. The molecular formula is C19H27N3O2. The molecule has 3 rings (SSSR count). The second-order valence-electron chi connectivity index (χ2n) is 6.80. The molecule has 0 bridgehead atoms. The summed E-state index contributed by atoms with van der Waals surface area (Å²) in [4.78, 5) is 28.9.